The first kappa shape index (κ1) is 73.9. The molecule has 0 spiro atoms. The zero-order valence-electron chi connectivity index (χ0n) is 58.2. The van der Waals surface area contributed by atoms with Crippen LogP contribution in [0.3, 0.4) is 0 Å². The molecule has 0 aliphatic heterocycles. The van der Waals surface area contributed by atoms with Crippen molar-refractivity contribution >= 4 is 17.8 Å². The van der Waals surface area contributed by atoms with E-state index in [0.717, 1.165) is 89.2 Å². The highest BCUT2D eigenvalue weighted by Gasteiger charge is 2.12. The molecule has 0 saturated heterocycles. The molecular formula is C92H85N3O9. The van der Waals surface area contributed by atoms with E-state index in [4.69, 9.17) is 29.8 Å². The van der Waals surface area contributed by atoms with Crippen LogP contribution in [0.5, 0.6) is 28.7 Å². The van der Waals surface area contributed by atoms with E-state index in [1.807, 2.05) is 273 Å². The number of nitrogens with two attached hydrogens (primary N) is 1. The van der Waals surface area contributed by atoms with Crippen molar-refractivity contribution in [1.82, 2.24) is 10.6 Å². The summed E-state index contributed by atoms with van der Waals surface area (Å²) in [4.78, 5) is 35.7. The summed E-state index contributed by atoms with van der Waals surface area (Å²) in [6, 6.07) is 111. The van der Waals surface area contributed by atoms with Gasteiger partial charge in [-0.3, -0.25) is 14.4 Å². The van der Waals surface area contributed by atoms with Gasteiger partial charge in [0.25, 0.3) is 0 Å². The largest absolute Gasteiger partial charge is 0.508 e. The lowest BCUT2D eigenvalue weighted by molar-refractivity contribution is -0.136. The molecule has 6 N–H and O–H groups in total. The van der Waals surface area contributed by atoms with Crippen LogP contribution >= 0.6 is 0 Å². The van der Waals surface area contributed by atoms with Crippen molar-refractivity contribution in [2.75, 3.05) is 0 Å². The fourth-order valence-electron chi connectivity index (χ4n) is 11.1. The van der Waals surface area contributed by atoms with Gasteiger partial charge in [-0.1, -0.05) is 291 Å². The Balaban J connectivity index is 0.000000159. The molecule has 0 heterocycles. The Morgan fingerprint density at radius 3 is 0.904 bits per heavy atom. The van der Waals surface area contributed by atoms with E-state index in [-0.39, 0.29) is 24.0 Å². The van der Waals surface area contributed by atoms with Crippen molar-refractivity contribution in [2.45, 2.75) is 72.2 Å². The summed E-state index contributed by atoms with van der Waals surface area (Å²) in [6.07, 6.45) is 0.691. The molecule has 13 rings (SSSR count). The van der Waals surface area contributed by atoms with Crippen LogP contribution in [0.1, 0.15) is 61.2 Å². The third kappa shape index (κ3) is 25.4. The number of carboxylic acid groups (broad SMARTS) is 1. The fourth-order valence-corrected chi connectivity index (χ4v) is 11.1. The second-order valence-corrected chi connectivity index (χ2v) is 24.8. The lowest BCUT2D eigenvalue weighted by atomic mass is 10.0. The van der Waals surface area contributed by atoms with Gasteiger partial charge in [0, 0.05) is 31.8 Å². The van der Waals surface area contributed by atoms with Crippen LogP contribution < -0.4 is 35.3 Å². The zero-order valence-corrected chi connectivity index (χ0v) is 58.2. The first-order chi connectivity index (χ1) is 50.9. The lowest BCUT2D eigenvalue weighted by Gasteiger charge is -2.13. The van der Waals surface area contributed by atoms with Crippen LogP contribution in [0.4, 0.5) is 0 Å². The molecular weight excluding hydrogens is 1290 g/mol. The number of hydrogen-bond donors (Lipinski definition) is 5. The summed E-state index contributed by atoms with van der Waals surface area (Å²) >= 11 is 0. The van der Waals surface area contributed by atoms with Crippen LogP contribution in [-0.2, 0) is 79.7 Å². The molecule has 0 fully saturated rings. The van der Waals surface area contributed by atoms with Gasteiger partial charge in [0.05, 0.1) is 19.3 Å². The van der Waals surface area contributed by atoms with Gasteiger partial charge in [-0.05, 0) is 138 Å². The van der Waals surface area contributed by atoms with Gasteiger partial charge in [-0.25, -0.2) is 0 Å². The van der Waals surface area contributed by atoms with E-state index >= 15 is 0 Å². The number of aryl methyl sites for hydroxylation is 1. The van der Waals surface area contributed by atoms with E-state index in [1.165, 1.54) is 11.1 Å². The second-order valence-electron chi connectivity index (χ2n) is 24.8. The molecule has 522 valence electrons. The van der Waals surface area contributed by atoms with Crippen molar-refractivity contribution in [2.24, 2.45) is 5.73 Å². The molecule has 13 aromatic rings. The number of aromatic hydroxyl groups is 1. The molecule has 0 aromatic heterocycles. The van der Waals surface area contributed by atoms with E-state index in [9.17, 15) is 19.5 Å². The topological polar surface area (TPSA) is 179 Å². The number of carboxylic acids is 1. The molecule has 12 nitrogen and oxygen atoms in total. The number of carbonyl (C=O) groups is 3. The number of benzene rings is 13. The standard InChI is InChI=1S/C35H31NO3.C28H25NO3.C15H17NO.C14H12O2/c37-35(22-27-16-18-32(19-17-27)31-14-8-3-9-15-31)36-24-30-20-33(38-25-28-10-4-1-5-11-28)23-34(21-30)39-26-29-12-6-2-7-13-29;30-26-15-23(16-27(18-26)32-20-22-7-3-1-4-8-22)19-29-28(31)17-21-11-13-25(14-12-21)24-9-5-2-6-10-24;1-12-7-14(10-16)9-15(8-12)17-11-13-5-3-2-4-6-13;15-14(16)10-11-6-8-13(9-7-11)12-4-2-1-3-5-12/h1-21,23H,22,24-26H2,(H,36,37);1-16,18,30H,17,19-20H2,(H,29,31);2-9H,10-11,16H2,1H3;1-9H,10H2,(H,15,16). The van der Waals surface area contributed by atoms with Gasteiger partial charge in [-0.2, -0.15) is 0 Å². The molecule has 0 radical (unpaired) electrons. The smallest absolute Gasteiger partial charge is 0.307 e. The number of ether oxygens (including phenoxy) is 4. The summed E-state index contributed by atoms with van der Waals surface area (Å²) < 4.78 is 23.7. The Bertz CT molecular complexity index is 4660. The van der Waals surface area contributed by atoms with Crippen LogP contribution in [0.25, 0.3) is 33.4 Å². The second kappa shape index (κ2) is 39.9. The molecule has 0 unspecified atom stereocenters. The summed E-state index contributed by atoms with van der Waals surface area (Å²) in [5, 5.41) is 24.6. The van der Waals surface area contributed by atoms with Crippen molar-refractivity contribution in [3.05, 3.63) is 401 Å². The maximum atomic E-state index is 12.8. The summed E-state index contributed by atoms with van der Waals surface area (Å²) in [5.74, 6) is 2.04. The molecule has 104 heavy (non-hydrogen) atoms. The maximum absolute atomic E-state index is 12.8. The zero-order chi connectivity index (χ0) is 72.3. The van der Waals surface area contributed by atoms with Gasteiger partial charge in [0.2, 0.25) is 11.8 Å². The Kier molecular flexibility index (Phi) is 28.3. The van der Waals surface area contributed by atoms with Crippen molar-refractivity contribution in [3.8, 4) is 62.1 Å². The Labute approximate surface area is 609 Å². The molecule has 2 amide bonds. The van der Waals surface area contributed by atoms with Gasteiger partial charge in [0.1, 0.15) is 55.2 Å². The number of carbonyl (C=O) groups excluding carboxylic acids is 2. The van der Waals surface area contributed by atoms with E-state index in [0.29, 0.717) is 76.2 Å². The number of aliphatic carboxylic acids is 1. The van der Waals surface area contributed by atoms with Crippen molar-refractivity contribution < 1.29 is 43.5 Å². The van der Waals surface area contributed by atoms with Gasteiger partial charge >= 0.3 is 5.97 Å². The molecule has 0 atom stereocenters. The minimum atomic E-state index is -0.799. The SMILES string of the molecule is Cc1cc(CN)cc(OCc2ccccc2)c1.O=C(Cc1ccc(-c2ccccc2)cc1)NCc1cc(O)cc(OCc2ccccc2)c1.O=C(Cc1ccc(-c2ccccc2)cc1)NCc1cc(OCc2ccccc2)cc(OCc2ccccc2)c1.O=C(O)Cc1ccc(-c2ccccc2)cc1. The first-order valence-electron chi connectivity index (χ1n) is 34.5. The number of nitrogens with one attached hydrogen (secondary N) is 2. The van der Waals surface area contributed by atoms with Gasteiger partial charge in [0.15, 0.2) is 0 Å². The summed E-state index contributed by atoms with van der Waals surface area (Å²) in [6.45, 7) is 5.20. The first-order valence-corrected chi connectivity index (χ1v) is 34.5. The molecule has 0 bridgehead atoms. The van der Waals surface area contributed by atoms with Crippen molar-refractivity contribution in [3.63, 3.8) is 0 Å². The Morgan fingerprint density at radius 1 is 0.298 bits per heavy atom. The number of rotatable bonds is 26. The number of phenols is 1. The van der Waals surface area contributed by atoms with Crippen LogP contribution in [0, 0.1) is 6.92 Å². The maximum Gasteiger partial charge on any atom is 0.307 e. The average molecular weight is 1380 g/mol. The predicted molar refractivity (Wildman–Crippen MR) is 415 cm³/mol. The van der Waals surface area contributed by atoms with Crippen LogP contribution in [0.15, 0.2) is 340 Å². The number of amides is 2. The average Bonchev–Trinajstić information content (AvgIpc) is 0.905. The number of phenolic OH excluding ortho intramolecular Hbond substituents is 1. The minimum Gasteiger partial charge on any atom is -0.508 e. The quantitative estimate of drug-likeness (QED) is 0.0350. The van der Waals surface area contributed by atoms with Crippen molar-refractivity contribution in [1.29, 1.82) is 0 Å². The molecule has 0 saturated carbocycles. The molecule has 0 aliphatic carbocycles. The van der Waals surface area contributed by atoms with E-state index in [2.05, 4.69) is 72.2 Å². The third-order valence-electron chi connectivity index (χ3n) is 16.5. The molecule has 12 heteroatoms. The van der Waals surface area contributed by atoms with E-state index in [1.54, 1.807) is 12.1 Å². The Hall–Kier alpha value is -12.8. The fraction of sp³-hybridized carbons (Fsp3) is 0.120. The monoisotopic (exact) mass is 1380 g/mol. The molecule has 0 aliphatic rings. The summed E-state index contributed by atoms with van der Waals surface area (Å²) in [7, 11) is 0. The van der Waals surface area contributed by atoms with Gasteiger partial charge < -0.3 is 45.5 Å². The summed E-state index contributed by atoms with van der Waals surface area (Å²) in [5.41, 5.74) is 23.6. The molecule has 13 aromatic carbocycles. The predicted octanol–water partition coefficient (Wildman–Crippen LogP) is 18.9. The van der Waals surface area contributed by atoms with Crippen LogP contribution in [-0.4, -0.2) is 28.0 Å². The van der Waals surface area contributed by atoms with Crippen LogP contribution in [0.2, 0.25) is 0 Å². The highest BCUT2D eigenvalue weighted by molar-refractivity contribution is 5.80. The van der Waals surface area contributed by atoms with E-state index < -0.39 is 5.97 Å². The normalized spacial score (nSPS) is 10.4. The third-order valence-corrected chi connectivity index (χ3v) is 16.5. The minimum absolute atomic E-state index is 0.0372. The van der Waals surface area contributed by atoms with Gasteiger partial charge in [-0.15, -0.1) is 0 Å². The Morgan fingerprint density at radius 2 is 0.577 bits per heavy atom. The highest BCUT2D eigenvalue weighted by atomic mass is 16.5. The number of hydrogen-bond acceptors (Lipinski definition) is 9. The lowest BCUT2D eigenvalue weighted by Crippen LogP contribution is -2.24. The highest BCUT2D eigenvalue weighted by Crippen LogP contribution is 2.28.